The number of nitrogens with one attached hydrogen (secondary N) is 2. The van der Waals surface area contributed by atoms with Crippen molar-refractivity contribution < 1.29 is 9.15 Å². The topological polar surface area (TPSA) is 62.0 Å². The summed E-state index contributed by atoms with van der Waals surface area (Å²) in [6.45, 7) is 5.68. The van der Waals surface area contributed by atoms with Gasteiger partial charge in [0.25, 0.3) is 0 Å². The number of furan rings is 1. The highest BCUT2D eigenvalue weighted by molar-refractivity contribution is 14.0. The van der Waals surface area contributed by atoms with Gasteiger partial charge in [0, 0.05) is 25.7 Å². The maximum absolute atomic E-state index is 5.69. The third kappa shape index (κ3) is 5.88. The van der Waals surface area contributed by atoms with Crippen LogP contribution in [0.1, 0.15) is 35.8 Å². The fourth-order valence-electron chi connectivity index (χ4n) is 3.53. The second-order valence-corrected chi connectivity index (χ2v) is 6.90. The Morgan fingerprint density at radius 1 is 1.25 bits per heavy atom. The standard InChI is InChI=1S/C21H30N4O2.HI/c1-16-8-9-17(20(13-16)26-3)14-23-21(22-2)24-15-18(19-7-6-12-27-19)25-10-4-5-11-25;/h6-9,12-13,18H,4-5,10-11,14-15H2,1-3H3,(H2,22,23,24);1H. The molecule has 1 saturated heterocycles. The fraction of sp³-hybridized carbons (Fsp3) is 0.476. The van der Waals surface area contributed by atoms with E-state index in [-0.39, 0.29) is 30.0 Å². The molecular formula is C21H31IN4O2. The van der Waals surface area contributed by atoms with Crippen molar-refractivity contribution in [3.8, 4) is 5.75 Å². The van der Waals surface area contributed by atoms with Gasteiger partial charge in [-0.25, -0.2) is 0 Å². The Balaban J connectivity index is 0.00000280. The molecule has 0 spiro atoms. The predicted octanol–water partition coefficient (Wildman–Crippen LogP) is 3.72. The summed E-state index contributed by atoms with van der Waals surface area (Å²) in [5.74, 6) is 2.66. The van der Waals surface area contributed by atoms with Crippen molar-refractivity contribution in [1.82, 2.24) is 15.5 Å². The Hall–Kier alpha value is -1.74. The van der Waals surface area contributed by atoms with Crippen molar-refractivity contribution in [3.05, 3.63) is 53.5 Å². The van der Waals surface area contributed by atoms with Crippen molar-refractivity contribution in [2.45, 2.75) is 32.4 Å². The van der Waals surface area contributed by atoms with Gasteiger partial charge in [-0.15, -0.1) is 24.0 Å². The van der Waals surface area contributed by atoms with Gasteiger partial charge in [-0.2, -0.15) is 0 Å². The summed E-state index contributed by atoms with van der Waals surface area (Å²) in [5, 5.41) is 6.83. The van der Waals surface area contributed by atoms with Crippen LogP contribution in [0.5, 0.6) is 5.75 Å². The average Bonchev–Trinajstić information content (AvgIpc) is 3.39. The van der Waals surface area contributed by atoms with Crippen molar-refractivity contribution in [2.24, 2.45) is 4.99 Å². The molecule has 7 heteroatoms. The molecule has 0 bridgehead atoms. The number of nitrogens with zero attached hydrogens (tertiary/aromatic N) is 2. The molecule has 0 saturated carbocycles. The first-order chi connectivity index (χ1) is 13.2. The maximum Gasteiger partial charge on any atom is 0.191 e. The summed E-state index contributed by atoms with van der Waals surface area (Å²) >= 11 is 0. The van der Waals surface area contributed by atoms with Crippen LogP contribution in [0.4, 0.5) is 0 Å². The molecule has 0 amide bonds. The minimum absolute atomic E-state index is 0. The molecule has 154 valence electrons. The van der Waals surface area contributed by atoms with E-state index in [4.69, 9.17) is 9.15 Å². The molecule has 2 heterocycles. The number of rotatable bonds is 7. The number of halogens is 1. The summed E-state index contributed by atoms with van der Waals surface area (Å²) in [4.78, 5) is 6.83. The number of likely N-dealkylation sites (tertiary alicyclic amines) is 1. The Kier molecular flexibility index (Phi) is 9.11. The summed E-state index contributed by atoms with van der Waals surface area (Å²) in [6.07, 6.45) is 4.24. The van der Waals surface area contributed by atoms with E-state index in [0.29, 0.717) is 6.54 Å². The minimum atomic E-state index is 0. The van der Waals surface area contributed by atoms with E-state index in [9.17, 15) is 0 Å². The van der Waals surface area contributed by atoms with Crippen LogP contribution >= 0.6 is 24.0 Å². The van der Waals surface area contributed by atoms with Crippen LogP contribution in [0.2, 0.25) is 0 Å². The van der Waals surface area contributed by atoms with E-state index in [1.807, 2.05) is 12.1 Å². The Morgan fingerprint density at radius 2 is 2.04 bits per heavy atom. The van der Waals surface area contributed by atoms with Crippen LogP contribution < -0.4 is 15.4 Å². The van der Waals surface area contributed by atoms with Crippen LogP contribution in [-0.4, -0.2) is 44.7 Å². The highest BCUT2D eigenvalue weighted by Gasteiger charge is 2.25. The molecule has 3 rings (SSSR count). The monoisotopic (exact) mass is 498 g/mol. The number of hydrogen-bond acceptors (Lipinski definition) is 4. The summed E-state index contributed by atoms with van der Waals surface area (Å²) in [6, 6.07) is 10.5. The van der Waals surface area contributed by atoms with Crippen molar-refractivity contribution >= 4 is 29.9 Å². The number of methoxy groups -OCH3 is 1. The lowest BCUT2D eigenvalue weighted by atomic mass is 10.1. The van der Waals surface area contributed by atoms with Gasteiger partial charge in [-0.3, -0.25) is 9.89 Å². The van der Waals surface area contributed by atoms with E-state index in [2.05, 4.69) is 45.6 Å². The minimum Gasteiger partial charge on any atom is -0.496 e. The van der Waals surface area contributed by atoms with Crippen LogP contribution in [-0.2, 0) is 6.54 Å². The molecule has 0 radical (unpaired) electrons. The first-order valence-corrected chi connectivity index (χ1v) is 9.56. The molecule has 1 aromatic heterocycles. The highest BCUT2D eigenvalue weighted by Crippen LogP contribution is 2.25. The van der Waals surface area contributed by atoms with Gasteiger partial charge in [-0.1, -0.05) is 12.1 Å². The Morgan fingerprint density at radius 3 is 2.68 bits per heavy atom. The zero-order valence-corrected chi connectivity index (χ0v) is 19.2. The lowest BCUT2D eigenvalue weighted by Crippen LogP contribution is -2.42. The van der Waals surface area contributed by atoms with E-state index in [1.165, 1.54) is 18.4 Å². The van der Waals surface area contributed by atoms with Crippen molar-refractivity contribution in [3.63, 3.8) is 0 Å². The number of guanidine groups is 1. The second kappa shape index (κ2) is 11.3. The smallest absolute Gasteiger partial charge is 0.191 e. The van der Waals surface area contributed by atoms with Crippen molar-refractivity contribution in [2.75, 3.05) is 33.8 Å². The number of ether oxygens (including phenoxy) is 1. The van der Waals surface area contributed by atoms with Gasteiger partial charge < -0.3 is 19.8 Å². The van der Waals surface area contributed by atoms with Gasteiger partial charge >= 0.3 is 0 Å². The lowest BCUT2D eigenvalue weighted by molar-refractivity contribution is 0.215. The van der Waals surface area contributed by atoms with E-state index < -0.39 is 0 Å². The van der Waals surface area contributed by atoms with Gasteiger partial charge in [0.2, 0.25) is 0 Å². The molecule has 0 aliphatic carbocycles. The largest absolute Gasteiger partial charge is 0.496 e. The van der Waals surface area contributed by atoms with Gasteiger partial charge in [0.1, 0.15) is 11.5 Å². The molecule has 28 heavy (non-hydrogen) atoms. The predicted molar refractivity (Wildman–Crippen MR) is 124 cm³/mol. The highest BCUT2D eigenvalue weighted by atomic mass is 127. The van der Waals surface area contributed by atoms with Gasteiger partial charge in [0.15, 0.2) is 5.96 Å². The van der Waals surface area contributed by atoms with E-state index in [0.717, 1.165) is 42.7 Å². The number of aliphatic imine (C=N–C) groups is 1. The molecule has 1 fully saturated rings. The van der Waals surface area contributed by atoms with Gasteiger partial charge in [-0.05, 0) is 56.6 Å². The van der Waals surface area contributed by atoms with Gasteiger partial charge in [0.05, 0.1) is 19.4 Å². The molecule has 2 aromatic rings. The zero-order valence-electron chi connectivity index (χ0n) is 16.9. The number of benzene rings is 1. The molecule has 1 aliphatic heterocycles. The molecule has 1 atom stereocenters. The molecule has 6 nitrogen and oxygen atoms in total. The average molecular weight is 498 g/mol. The summed E-state index contributed by atoms with van der Waals surface area (Å²) < 4.78 is 11.2. The fourth-order valence-corrected chi connectivity index (χ4v) is 3.53. The number of hydrogen-bond donors (Lipinski definition) is 2. The van der Waals surface area contributed by atoms with Crippen LogP contribution in [0, 0.1) is 6.92 Å². The SMILES string of the molecule is CN=C(NCc1ccc(C)cc1OC)NCC(c1ccco1)N1CCCC1.I. The Bertz CT molecular complexity index is 743. The third-order valence-electron chi connectivity index (χ3n) is 5.03. The summed E-state index contributed by atoms with van der Waals surface area (Å²) in [5.41, 5.74) is 2.29. The quantitative estimate of drug-likeness (QED) is 0.346. The molecular weight excluding hydrogens is 467 g/mol. The lowest BCUT2D eigenvalue weighted by Gasteiger charge is -2.26. The molecule has 1 aliphatic rings. The second-order valence-electron chi connectivity index (χ2n) is 6.90. The maximum atomic E-state index is 5.69. The van der Waals surface area contributed by atoms with E-state index >= 15 is 0 Å². The molecule has 1 aromatic carbocycles. The first-order valence-electron chi connectivity index (χ1n) is 9.56. The zero-order chi connectivity index (χ0) is 19.1. The molecule has 2 N–H and O–H groups in total. The first kappa shape index (κ1) is 22.5. The van der Waals surface area contributed by atoms with E-state index in [1.54, 1.807) is 20.4 Å². The van der Waals surface area contributed by atoms with Crippen LogP contribution in [0.25, 0.3) is 0 Å². The summed E-state index contributed by atoms with van der Waals surface area (Å²) in [7, 11) is 3.49. The number of aryl methyl sites for hydroxylation is 1. The molecule has 1 unspecified atom stereocenters. The van der Waals surface area contributed by atoms with Crippen molar-refractivity contribution in [1.29, 1.82) is 0 Å². The van der Waals surface area contributed by atoms with Crippen LogP contribution in [0.15, 0.2) is 46.0 Å². The Labute approximate surface area is 184 Å². The van der Waals surface area contributed by atoms with Crippen LogP contribution in [0.3, 0.4) is 0 Å². The third-order valence-corrected chi connectivity index (χ3v) is 5.03. The normalized spacial score (nSPS) is 15.8.